The third-order valence-electron chi connectivity index (χ3n) is 6.20. The number of amides is 1. The van der Waals surface area contributed by atoms with Gasteiger partial charge in [0.2, 0.25) is 5.91 Å². The summed E-state index contributed by atoms with van der Waals surface area (Å²) in [6.07, 6.45) is 2.80. The van der Waals surface area contributed by atoms with Crippen LogP contribution in [0.5, 0.6) is 0 Å². The number of carbonyl (C=O) groups excluding carboxylic acids is 2. The zero-order chi connectivity index (χ0) is 22.7. The highest BCUT2D eigenvalue weighted by molar-refractivity contribution is 5.88. The fraction of sp³-hybridized carbons (Fsp3) is 0.385. The highest BCUT2D eigenvalue weighted by Crippen LogP contribution is 2.33. The fourth-order valence-electron chi connectivity index (χ4n) is 4.67. The summed E-state index contributed by atoms with van der Waals surface area (Å²) in [5, 5.41) is 4.00. The van der Waals surface area contributed by atoms with E-state index < -0.39 is 0 Å². The number of fused-ring (bicyclic) bond motifs is 3. The van der Waals surface area contributed by atoms with E-state index in [9.17, 15) is 14.0 Å². The molecule has 0 unspecified atom stereocenters. The summed E-state index contributed by atoms with van der Waals surface area (Å²) in [6.45, 7) is 4.15. The molecule has 0 radical (unpaired) electrons. The van der Waals surface area contributed by atoms with Crippen LogP contribution in [0.4, 0.5) is 4.39 Å². The first-order valence-electron chi connectivity index (χ1n) is 11.3. The van der Waals surface area contributed by atoms with Gasteiger partial charge in [-0.1, -0.05) is 37.3 Å². The van der Waals surface area contributed by atoms with Gasteiger partial charge in [0.1, 0.15) is 12.4 Å². The predicted molar refractivity (Wildman–Crippen MR) is 122 cm³/mol. The van der Waals surface area contributed by atoms with Crippen LogP contribution >= 0.6 is 0 Å². The van der Waals surface area contributed by atoms with Gasteiger partial charge in [0.15, 0.2) is 0 Å². The zero-order valence-corrected chi connectivity index (χ0v) is 18.6. The monoisotopic (exact) mass is 436 g/mol. The van der Waals surface area contributed by atoms with Crippen molar-refractivity contribution in [3.05, 3.63) is 71.2 Å². The first-order valence-corrected chi connectivity index (χ1v) is 11.3. The number of hydrogen-bond acceptors (Lipinski definition) is 3. The maximum Gasteiger partial charge on any atom is 0.325 e. The highest BCUT2D eigenvalue weighted by Gasteiger charge is 2.28. The summed E-state index contributed by atoms with van der Waals surface area (Å²) in [4.78, 5) is 25.0. The van der Waals surface area contributed by atoms with Crippen LogP contribution in [0, 0.1) is 11.7 Å². The van der Waals surface area contributed by atoms with Crippen LogP contribution in [0.15, 0.2) is 48.5 Å². The Kier molecular flexibility index (Phi) is 6.58. The van der Waals surface area contributed by atoms with Gasteiger partial charge in [-0.3, -0.25) is 9.59 Å². The Morgan fingerprint density at radius 3 is 2.75 bits per heavy atom. The largest absolute Gasteiger partial charge is 0.465 e. The SMILES string of the molecule is CCOC(=O)Cn1c2c(c3cc(F)ccc31)C[C@@H](NC(=O)[C@H](C)Cc1ccccc1)CC2. The van der Waals surface area contributed by atoms with Gasteiger partial charge in [-0.05, 0) is 61.9 Å². The van der Waals surface area contributed by atoms with E-state index in [4.69, 9.17) is 4.74 Å². The van der Waals surface area contributed by atoms with Gasteiger partial charge in [-0.15, -0.1) is 0 Å². The number of rotatable bonds is 7. The molecule has 0 bridgehead atoms. The van der Waals surface area contributed by atoms with E-state index in [2.05, 4.69) is 5.32 Å². The Morgan fingerprint density at radius 1 is 1.22 bits per heavy atom. The molecule has 0 spiro atoms. The van der Waals surface area contributed by atoms with Crippen LogP contribution < -0.4 is 5.32 Å². The first kappa shape index (κ1) is 22.1. The third-order valence-corrected chi connectivity index (χ3v) is 6.20. The van der Waals surface area contributed by atoms with E-state index >= 15 is 0 Å². The molecule has 32 heavy (non-hydrogen) atoms. The molecule has 6 heteroatoms. The highest BCUT2D eigenvalue weighted by atomic mass is 19.1. The summed E-state index contributed by atoms with van der Waals surface area (Å²) in [5.74, 6) is -0.719. The Morgan fingerprint density at radius 2 is 2.00 bits per heavy atom. The normalized spacial score (nSPS) is 16.4. The molecule has 1 aliphatic carbocycles. The van der Waals surface area contributed by atoms with Gasteiger partial charge in [0.05, 0.1) is 6.61 Å². The Balaban J connectivity index is 1.52. The van der Waals surface area contributed by atoms with Crippen LogP contribution in [-0.4, -0.2) is 29.1 Å². The summed E-state index contributed by atoms with van der Waals surface area (Å²) in [7, 11) is 0. The minimum absolute atomic E-state index is 0.0156. The van der Waals surface area contributed by atoms with Crippen molar-refractivity contribution in [1.82, 2.24) is 9.88 Å². The van der Waals surface area contributed by atoms with E-state index in [0.29, 0.717) is 25.9 Å². The molecule has 0 saturated heterocycles. The molecule has 2 atom stereocenters. The smallest absolute Gasteiger partial charge is 0.325 e. The van der Waals surface area contributed by atoms with Gasteiger partial charge in [0, 0.05) is 28.6 Å². The number of hydrogen-bond donors (Lipinski definition) is 1. The van der Waals surface area contributed by atoms with Gasteiger partial charge in [0.25, 0.3) is 0 Å². The molecule has 1 aliphatic rings. The number of aromatic nitrogens is 1. The number of halogens is 1. The molecule has 1 N–H and O–H groups in total. The standard InChI is InChI=1S/C26H29FN2O3/c1-3-32-25(30)16-29-23-11-9-19(27)14-21(23)22-15-20(10-12-24(22)29)28-26(31)17(2)13-18-7-5-4-6-8-18/h4-9,11,14,17,20H,3,10,12-13,15-16H2,1-2H3,(H,28,31)/t17-,20+/m1/s1. The molecule has 1 amide bonds. The Hall–Kier alpha value is -3.15. The van der Waals surface area contributed by atoms with Crippen molar-refractivity contribution in [2.75, 3.05) is 6.61 Å². The van der Waals surface area contributed by atoms with Crippen LogP contribution in [-0.2, 0) is 40.1 Å². The number of ether oxygens (including phenoxy) is 1. The topological polar surface area (TPSA) is 60.3 Å². The van der Waals surface area contributed by atoms with Gasteiger partial charge in [-0.2, -0.15) is 0 Å². The average molecular weight is 437 g/mol. The summed E-state index contributed by atoms with van der Waals surface area (Å²) in [5.41, 5.74) is 4.00. The van der Waals surface area contributed by atoms with Crippen molar-refractivity contribution < 1.29 is 18.7 Å². The van der Waals surface area contributed by atoms with Crippen molar-refractivity contribution >= 4 is 22.8 Å². The van der Waals surface area contributed by atoms with Crippen LogP contribution in [0.25, 0.3) is 10.9 Å². The Bertz CT molecular complexity index is 1120. The van der Waals surface area contributed by atoms with Crippen LogP contribution in [0.1, 0.15) is 37.1 Å². The minimum Gasteiger partial charge on any atom is -0.465 e. The molecule has 4 rings (SSSR count). The summed E-state index contributed by atoms with van der Waals surface area (Å²) < 4.78 is 21.1. The van der Waals surface area contributed by atoms with Crippen LogP contribution in [0.2, 0.25) is 0 Å². The van der Waals surface area contributed by atoms with E-state index in [1.165, 1.54) is 12.1 Å². The average Bonchev–Trinajstić information content (AvgIpc) is 3.06. The number of nitrogens with zero attached hydrogens (tertiary/aromatic N) is 1. The Labute approximate surface area is 187 Å². The third kappa shape index (κ3) is 4.69. The minimum atomic E-state index is -0.309. The van der Waals surface area contributed by atoms with Crippen molar-refractivity contribution in [1.29, 1.82) is 0 Å². The molecule has 3 aromatic rings. The molecule has 2 aromatic carbocycles. The molecule has 1 aromatic heterocycles. The lowest BCUT2D eigenvalue weighted by atomic mass is 9.90. The van der Waals surface area contributed by atoms with Crippen LogP contribution in [0.3, 0.4) is 0 Å². The van der Waals surface area contributed by atoms with Crippen molar-refractivity contribution in [3.63, 3.8) is 0 Å². The second-order valence-electron chi connectivity index (χ2n) is 8.52. The molecule has 168 valence electrons. The van der Waals surface area contributed by atoms with Gasteiger partial charge < -0.3 is 14.6 Å². The second-order valence-corrected chi connectivity index (χ2v) is 8.52. The number of esters is 1. The van der Waals surface area contributed by atoms with Crippen molar-refractivity contribution in [3.8, 4) is 0 Å². The van der Waals surface area contributed by atoms with Gasteiger partial charge in [-0.25, -0.2) is 4.39 Å². The quantitative estimate of drug-likeness (QED) is 0.565. The second kappa shape index (κ2) is 9.55. The molecular formula is C26H29FN2O3. The summed E-state index contributed by atoms with van der Waals surface area (Å²) >= 11 is 0. The number of carbonyl (C=O) groups is 2. The van der Waals surface area contributed by atoms with Crippen molar-refractivity contribution in [2.45, 2.75) is 52.1 Å². The number of nitrogens with one attached hydrogen (secondary N) is 1. The van der Waals surface area contributed by atoms with E-state index in [1.807, 2.05) is 41.8 Å². The van der Waals surface area contributed by atoms with E-state index in [1.54, 1.807) is 13.0 Å². The molecule has 0 fully saturated rings. The fourth-order valence-corrected chi connectivity index (χ4v) is 4.67. The molecule has 0 aliphatic heterocycles. The van der Waals surface area contributed by atoms with E-state index in [-0.39, 0.29) is 36.2 Å². The molecule has 5 nitrogen and oxygen atoms in total. The number of benzene rings is 2. The first-order chi connectivity index (χ1) is 15.5. The predicted octanol–water partition coefficient (Wildman–Crippen LogP) is 4.20. The van der Waals surface area contributed by atoms with E-state index in [0.717, 1.165) is 34.1 Å². The summed E-state index contributed by atoms with van der Waals surface area (Å²) in [6, 6.07) is 14.6. The van der Waals surface area contributed by atoms with Crippen molar-refractivity contribution in [2.24, 2.45) is 5.92 Å². The molecular weight excluding hydrogens is 407 g/mol. The molecule has 1 heterocycles. The lowest BCUT2D eigenvalue weighted by Crippen LogP contribution is -2.42. The lowest BCUT2D eigenvalue weighted by molar-refractivity contribution is -0.143. The maximum absolute atomic E-state index is 14.0. The lowest BCUT2D eigenvalue weighted by Gasteiger charge is -2.26. The molecule has 0 saturated carbocycles. The zero-order valence-electron chi connectivity index (χ0n) is 18.6. The van der Waals surface area contributed by atoms with Gasteiger partial charge >= 0.3 is 5.97 Å². The maximum atomic E-state index is 14.0.